The Kier molecular flexibility index (Phi) is 8.34. The summed E-state index contributed by atoms with van der Waals surface area (Å²) in [5.74, 6) is -0.416. The van der Waals surface area contributed by atoms with Crippen molar-refractivity contribution >= 4 is 23.8 Å². The van der Waals surface area contributed by atoms with Crippen molar-refractivity contribution in [3.63, 3.8) is 0 Å². The lowest BCUT2D eigenvalue weighted by Crippen LogP contribution is -2.34. The third-order valence-electron chi connectivity index (χ3n) is 5.48. The van der Waals surface area contributed by atoms with Crippen LogP contribution >= 0.6 is 0 Å². The van der Waals surface area contributed by atoms with Gasteiger partial charge in [0.2, 0.25) is 0 Å². The number of carbonyl (C=O) groups excluding carboxylic acids is 2. The summed E-state index contributed by atoms with van der Waals surface area (Å²) in [7, 11) is 0. The van der Waals surface area contributed by atoms with Gasteiger partial charge in [0, 0.05) is 31.9 Å². The van der Waals surface area contributed by atoms with Gasteiger partial charge < -0.3 is 25.0 Å². The van der Waals surface area contributed by atoms with Gasteiger partial charge in [-0.1, -0.05) is 0 Å². The SMILES string of the molecule is CC(C)(C)OC(=O)NCCOCCNC(=O)/C(C#N)=C/c1cc2c3c(c1)CCCN3CCC2. The summed E-state index contributed by atoms with van der Waals surface area (Å²) >= 11 is 0. The maximum Gasteiger partial charge on any atom is 0.407 e. The van der Waals surface area contributed by atoms with Crippen LogP contribution in [0.1, 0.15) is 50.3 Å². The summed E-state index contributed by atoms with van der Waals surface area (Å²) in [6.45, 7) is 8.77. The number of nitrogens with zero attached hydrogens (tertiary/aromatic N) is 2. The first-order chi connectivity index (χ1) is 15.8. The minimum absolute atomic E-state index is 0.0808. The molecule has 1 aromatic carbocycles. The lowest BCUT2D eigenvalue weighted by Gasteiger charge is -2.37. The van der Waals surface area contributed by atoms with E-state index < -0.39 is 17.6 Å². The molecule has 0 unspecified atom stereocenters. The molecular formula is C25H34N4O4. The van der Waals surface area contributed by atoms with Crippen molar-refractivity contribution in [2.75, 3.05) is 44.3 Å². The molecule has 0 atom stereocenters. The smallest absolute Gasteiger partial charge is 0.407 e. The maximum absolute atomic E-state index is 12.5. The van der Waals surface area contributed by atoms with E-state index in [0.717, 1.165) is 44.3 Å². The van der Waals surface area contributed by atoms with Crippen LogP contribution in [0.25, 0.3) is 6.08 Å². The first kappa shape index (κ1) is 24.6. The largest absolute Gasteiger partial charge is 0.444 e. The monoisotopic (exact) mass is 454 g/mol. The molecule has 0 bridgehead atoms. The highest BCUT2D eigenvalue weighted by atomic mass is 16.6. The highest BCUT2D eigenvalue weighted by Gasteiger charge is 2.24. The molecule has 1 aromatic rings. The van der Waals surface area contributed by atoms with E-state index in [9.17, 15) is 14.9 Å². The Morgan fingerprint density at radius 2 is 1.70 bits per heavy atom. The molecule has 33 heavy (non-hydrogen) atoms. The fourth-order valence-electron chi connectivity index (χ4n) is 4.20. The van der Waals surface area contributed by atoms with E-state index in [0.29, 0.717) is 13.2 Å². The van der Waals surface area contributed by atoms with Crippen LogP contribution in [0.2, 0.25) is 0 Å². The Morgan fingerprint density at radius 1 is 1.09 bits per heavy atom. The number of amides is 2. The Labute approximate surface area is 195 Å². The van der Waals surface area contributed by atoms with Crippen molar-refractivity contribution in [2.24, 2.45) is 0 Å². The van der Waals surface area contributed by atoms with Gasteiger partial charge in [-0.15, -0.1) is 0 Å². The number of nitriles is 1. The number of hydrogen-bond acceptors (Lipinski definition) is 6. The van der Waals surface area contributed by atoms with Crippen LogP contribution in [0.15, 0.2) is 17.7 Å². The van der Waals surface area contributed by atoms with Gasteiger partial charge in [0.1, 0.15) is 17.2 Å². The first-order valence-electron chi connectivity index (χ1n) is 11.6. The van der Waals surface area contributed by atoms with Crippen molar-refractivity contribution in [3.8, 4) is 6.07 Å². The third kappa shape index (κ3) is 7.22. The number of benzene rings is 1. The van der Waals surface area contributed by atoms with E-state index in [1.807, 2.05) is 6.07 Å². The van der Waals surface area contributed by atoms with E-state index in [2.05, 4.69) is 27.7 Å². The van der Waals surface area contributed by atoms with Crippen molar-refractivity contribution < 1.29 is 19.1 Å². The Morgan fingerprint density at radius 3 is 2.27 bits per heavy atom. The minimum Gasteiger partial charge on any atom is -0.444 e. The molecule has 0 fully saturated rings. The van der Waals surface area contributed by atoms with Gasteiger partial charge in [-0.25, -0.2) is 4.79 Å². The van der Waals surface area contributed by atoms with E-state index in [1.165, 1.54) is 16.8 Å². The van der Waals surface area contributed by atoms with Crippen LogP contribution < -0.4 is 15.5 Å². The summed E-state index contributed by atoms with van der Waals surface area (Å²) in [6, 6.07) is 6.24. The molecule has 2 aliphatic rings. The zero-order valence-corrected chi connectivity index (χ0v) is 19.8. The van der Waals surface area contributed by atoms with Crippen LogP contribution in [0, 0.1) is 11.3 Å². The van der Waals surface area contributed by atoms with Gasteiger partial charge in [0.25, 0.3) is 5.91 Å². The normalized spacial score (nSPS) is 15.3. The number of ether oxygens (including phenoxy) is 2. The van der Waals surface area contributed by atoms with Crippen molar-refractivity contribution in [1.29, 1.82) is 5.26 Å². The summed E-state index contributed by atoms with van der Waals surface area (Å²) in [4.78, 5) is 26.5. The zero-order chi connectivity index (χ0) is 23.8. The summed E-state index contributed by atoms with van der Waals surface area (Å²) in [6.07, 6.45) is 5.53. The second-order valence-corrected chi connectivity index (χ2v) is 9.35. The fourth-order valence-corrected chi connectivity index (χ4v) is 4.20. The molecule has 8 nitrogen and oxygen atoms in total. The van der Waals surface area contributed by atoms with Gasteiger partial charge in [-0.3, -0.25) is 4.79 Å². The molecule has 0 radical (unpaired) electrons. The highest BCUT2D eigenvalue weighted by molar-refractivity contribution is 6.01. The van der Waals surface area contributed by atoms with Gasteiger partial charge in [0.05, 0.1) is 13.2 Å². The van der Waals surface area contributed by atoms with E-state index >= 15 is 0 Å². The number of carbonyl (C=O) groups is 2. The van der Waals surface area contributed by atoms with E-state index in [-0.39, 0.29) is 18.7 Å². The number of rotatable bonds is 8. The quantitative estimate of drug-likeness (QED) is 0.356. The van der Waals surface area contributed by atoms with Crippen molar-refractivity contribution in [3.05, 3.63) is 34.4 Å². The second-order valence-electron chi connectivity index (χ2n) is 9.35. The lowest BCUT2D eigenvalue weighted by atomic mass is 9.89. The summed E-state index contributed by atoms with van der Waals surface area (Å²) < 4.78 is 10.5. The lowest BCUT2D eigenvalue weighted by molar-refractivity contribution is -0.117. The number of hydrogen-bond donors (Lipinski definition) is 2. The molecule has 0 saturated carbocycles. The summed E-state index contributed by atoms with van der Waals surface area (Å²) in [5.41, 5.74) is 4.44. The molecule has 2 N–H and O–H groups in total. The Hall–Kier alpha value is -3.05. The Balaban J connectivity index is 1.45. The Bertz CT molecular complexity index is 912. The molecule has 178 valence electrons. The molecule has 2 amide bonds. The number of aryl methyl sites for hydroxylation is 2. The summed E-state index contributed by atoms with van der Waals surface area (Å²) in [5, 5.41) is 14.8. The third-order valence-corrected chi connectivity index (χ3v) is 5.48. The molecule has 3 rings (SSSR count). The van der Waals surface area contributed by atoms with Crippen molar-refractivity contribution in [1.82, 2.24) is 10.6 Å². The van der Waals surface area contributed by atoms with Gasteiger partial charge in [0.15, 0.2) is 0 Å². The van der Waals surface area contributed by atoms with E-state index in [1.54, 1.807) is 26.8 Å². The van der Waals surface area contributed by atoms with Crippen LogP contribution in [-0.4, -0.2) is 57.0 Å². The van der Waals surface area contributed by atoms with Crippen LogP contribution in [0.3, 0.4) is 0 Å². The number of alkyl carbamates (subject to hydrolysis) is 1. The van der Waals surface area contributed by atoms with E-state index in [4.69, 9.17) is 9.47 Å². The average molecular weight is 455 g/mol. The molecule has 2 heterocycles. The fraction of sp³-hybridized carbons (Fsp3) is 0.560. The number of nitrogens with one attached hydrogen (secondary N) is 2. The highest BCUT2D eigenvalue weighted by Crippen LogP contribution is 2.36. The second kappa shape index (κ2) is 11.2. The molecule has 0 saturated heterocycles. The number of anilines is 1. The maximum atomic E-state index is 12.5. The van der Waals surface area contributed by atoms with Gasteiger partial charge >= 0.3 is 6.09 Å². The zero-order valence-electron chi connectivity index (χ0n) is 19.8. The molecule has 8 heteroatoms. The standard InChI is InChI=1S/C25H34N4O4/c1-25(2,3)33-24(31)28-9-13-32-12-8-27-23(30)21(17-26)16-18-14-19-6-4-10-29-11-5-7-20(15-18)22(19)29/h14-16H,4-13H2,1-3H3,(H,27,30)(H,28,31)/b21-16+. The predicted molar refractivity (Wildman–Crippen MR) is 127 cm³/mol. The van der Waals surface area contributed by atoms with Gasteiger partial charge in [-0.2, -0.15) is 5.26 Å². The van der Waals surface area contributed by atoms with Crippen molar-refractivity contribution in [2.45, 2.75) is 52.1 Å². The van der Waals surface area contributed by atoms with Crippen LogP contribution in [0.4, 0.5) is 10.5 Å². The van der Waals surface area contributed by atoms with Crippen LogP contribution in [-0.2, 0) is 27.1 Å². The first-order valence-corrected chi connectivity index (χ1v) is 11.6. The van der Waals surface area contributed by atoms with Crippen LogP contribution in [0.5, 0.6) is 0 Å². The molecule has 0 aromatic heterocycles. The minimum atomic E-state index is -0.544. The predicted octanol–water partition coefficient (Wildman–Crippen LogP) is 2.95. The molecule has 0 spiro atoms. The topological polar surface area (TPSA) is 104 Å². The molecule has 0 aliphatic carbocycles. The molecule has 2 aliphatic heterocycles. The molecular weight excluding hydrogens is 420 g/mol. The van der Waals surface area contributed by atoms with Gasteiger partial charge in [-0.05, 0) is 81.4 Å². The average Bonchev–Trinajstić information content (AvgIpc) is 2.75.